The number of rotatable bonds is 4. The summed E-state index contributed by atoms with van der Waals surface area (Å²) in [6, 6.07) is 77.7. The molecule has 296 valence electrons. The molecule has 0 bridgehead atoms. The minimum atomic E-state index is 0.903. The maximum Gasteiger partial charge on any atom is 0.159 e. The van der Waals surface area contributed by atoms with E-state index in [0.29, 0.717) is 0 Å². The average molecular weight is 814 g/mol. The second-order valence-electron chi connectivity index (χ2n) is 17.3. The molecule has 0 amide bonds. The van der Waals surface area contributed by atoms with Crippen LogP contribution in [0.3, 0.4) is 0 Å². The van der Waals surface area contributed by atoms with Crippen LogP contribution >= 0.6 is 0 Å². The molecule has 64 heavy (non-hydrogen) atoms. The third-order valence-electron chi connectivity index (χ3n) is 14.0. The van der Waals surface area contributed by atoms with Crippen LogP contribution in [-0.2, 0) is 0 Å². The standard InChI is InChI=1S/C60H35N3O/c1-6-18-51-41(12-1)47-32-38(28-30-55(47)61(51)40-34-49-43-14-3-8-20-53(43)63-54-21-9-4-15-44(54)50(35-40)59(49)63)36-24-26-37(27-25-36)39-29-31-56-48(33-39)42-13-2-7-19-52(42)62(56)57-22-11-17-46-45-16-5-10-23-58(45)64-60(46)57/h1-35H. The predicted octanol–water partition coefficient (Wildman–Crippen LogP) is 16.3. The van der Waals surface area contributed by atoms with Gasteiger partial charge in [0.25, 0.3) is 0 Å². The summed E-state index contributed by atoms with van der Waals surface area (Å²) in [6.07, 6.45) is 0. The Balaban J connectivity index is 0.841. The van der Waals surface area contributed by atoms with Gasteiger partial charge in [0.2, 0.25) is 0 Å². The molecular formula is C60H35N3O. The third-order valence-corrected chi connectivity index (χ3v) is 14.0. The van der Waals surface area contributed by atoms with Crippen molar-refractivity contribution >= 4 is 104 Å². The minimum Gasteiger partial charge on any atom is -0.454 e. The number of hydrogen-bond donors (Lipinski definition) is 0. The van der Waals surface area contributed by atoms with Crippen molar-refractivity contribution in [3.63, 3.8) is 0 Å². The summed E-state index contributed by atoms with van der Waals surface area (Å²) in [5, 5.41) is 12.3. The van der Waals surface area contributed by atoms with E-state index in [-0.39, 0.29) is 0 Å². The van der Waals surface area contributed by atoms with Crippen molar-refractivity contribution in [3.05, 3.63) is 212 Å². The normalized spacial score (nSPS) is 12.4. The van der Waals surface area contributed by atoms with Crippen LogP contribution in [0.15, 0.2) is 217 Å². The fourth-order valence-electron chi connectivity index (χ4n) is 11.2. The Kier molecular flexibility index (Phi) is 6.65. The molecule has 5 aromatic heterocycles. The van der Waals surface area contributed by atoms with Gasteiger partial charge in [-0.05, 0) is 95.1 Å². The zero-order valence-electron chi connectivity index (χ0n) is 34.5. The first-order valence-electron chi connectivity index (χ1n) is 22.0. The molecule has 0 radical (unpaired) electrons. The molecule has 0 atom stereocenters. The van der Waals surface area contributed by atoms with Crippen molar-refractivity contribution in [2.75, 3.05) is 0 Å². The summed E-state index contributed by atoms with van der Waals surface area (Å²) < 4.78 is 13.8. The van der Waals surface area contributed by atoms with Gasteiger partial charge >= 0.3 is 0 Å². The van der Waals surface area contributed by atoms with Crippen molar-refractivity contribution < 1.29 is 4.42 Å². The number of fused-ring (bicyclic) bond motifs is 15. The molecule has 4 nitrogen and oxygen atoms in total. The van der Waals surface area contributed by atoms with Crippen LogP contribution in [0.2, 0.25) is 0 Å². The van der Waals surface area contributed by atoms with Crippen LogP contribution in [-0.4, -0.2) is 13.5 Å². The van der Waals surface area contributed by atoms with E-state index in [9.17, 15) is 0 Å². The van der Waals surface area contributed by atoms with E-state index in [1.165, 1.54) is 98.6 Å². The van der Waals surface area contributed by atoms with Crippen LogP contribution in [0.25, 0.3) is 137 Å². The van der Waals surface area contributed by atoms with E-state index in [4.69, 9.17) is 4.42 Å². The van der Waals surface area contributed by atoms with Gasteiger partial charge in [0, 0.05) is 59.5 Å². The van der Waals surface area contributed by atoms with E-state index >= 15 is 0 Å². The molecule has 15 rings (SSSR count). The maximum absolute atomic E-state index is 6.53. The van der Waals surface area contributed by atoms with Crippen molar-refractivity contribution in [2.24, 2.45) is 0 Å². The Labute approximate surface area is 366 Å². The largest absolute Gasteiger partial charge is 0.454 e. The average Bonchev–Trinajstić information content (AvgIpc) is 4.16. The molecule has 0 fully saturated rings. The predicted molar refractivity (Wildman–Crippen MR) is 268 cm³/mol. The van der Waals surface area contributed by atoms with Crippen molar-refractivity contribution in [3.8, 4) is 33.6 Å². The summed E-state index contributed by atoms with van der Waals surface area (Å²) in [5.41, 5.74) is 17.3. The van der Waals surface area contributed by atoms with E-state index in [0.717, 1.165) is 38.7 Å². The SMILES string of the molecule is c1ccc2c(c1)oc1c(-n3c4ccccc4c4cc(-c5ccc(-c6ccc7c(c6)c6ccccc6n7-c6cc7c8ccccc8n8c9ccccc9c(c6)c78)cc5)ccc43)cccc12. The Hall–Kier alpha value is -8.60. The van der Waals surface area contributed by atoms with Crippen LogP contribution in [0, 0.1) is 0 Å². The zero-order chi connectivity index (χ0) is 41.6. The number of benzene rings is 10. The number of hydrogen-bond acceptors (Lipinski definition) is 1. The molecule has 0 aliphatic rings. The molecule has 0 unspecified atom stereocenters. The Bertz CT molecular complexity index is 4340. The van der Waals surface area contributed by atoms with Gasteiger partial charge in [-0.1, -0.05) is 140 Å². The summed E-state index contributed by atoms with van der Waals surface area (Å²) in [4.78, 5) is 0. The van der Waals surface area contributed by atoms with E-state index < -0.39 is 0 Å². The van der Waals surface area contributed by atoms with E-state index in [1.54, 1.807) is 0 Å². The second kappa shape index (κ2) is 12.5. The van der Waals surface area contributed by atoms with E-state index in [1.807, 2.05) is 6.07 Å². The maximum atomic E-state index is 6.53. The zero-order valence-corrected chi connectivity index (χ0v) is 34.5. The highest BCUT2D eigenvalue weighted by Gasteiger charge is 2.22. The smallest absolute Gasteiger partial charge is 0.159 e. The monoisotopic (exact) mass is 813 g/mol. The third kappa shape index (κ3) is 4.51. The first kappa shape index (κ1) is 34.0. The summed E-state index contributed by atoms with van der Waals surface area (Å²) >= 11 is 0. The lowest BCUT2D eigenvalue weighted by Gasteiger charge is -2.10. The first-order valence-corrected chi connectivity index (χ1v) is 22.0. The molecule has 5 heterocycles. The lowest BCUT2D eigenvalue weighted by molar-refractivity contribution is 0.666. The van der Waals surface area contributed by atoms with Gasteiger partial charge in [0.05, 0.1) is 44.3 Å². The van der Waals surface area contributed by atoms with Crippen LogP contribution in [0.1, 0.15) is 0 Å². The fourth-order valence-corrected chi connectivity index (χ4v) is 11.2. The van der Waals surface area contributed by atoms with Gasteiger partial charge in [-0.3, -0.25) is 0 Å². The number of para-hydroxylation sites is 6. The van der Waals surface area contributed by atoms with Crippen LogP contribution in [0.4, 0.5) is 0 Å². The van der Waals surface area contributed by atoms with Gasteiger partial charge < -0.3 is 18.0 Å². The van der Waals surface area contributed by atoms with Gasteiger partial charge in [-0.2, -0.15) is 0 Å². The molecule has 0 saturated heterocycles. The van der Waals surface area contributed by atoms with E-state index in [2.05, 4.69) is 220 Å². The van der Waals surface area contributed by atoms with Gasteiger partial charge in [0.1, 0.15) is 5.58 Å². The number of furan rings is 1. The molecule has 0 saturated carbocycles. The van der Waals surface area contributed by atoms with Crippen molar-refractivity contribution in [1.29, 1.82) is 0 Å². The lowest BCUT2D eigenvalue weighted by Crippen LogP contribution is -1.94. The topological polar surface area (TPSA) is 27.4 Å². The van der Waals surface area contributed by atoms with Crippen molar-refractivity contribution in [2.45, 2.75) is 0 Å². The highest BCUT2D eigenvalue weighted by Crippen LogP contribution is 2.44. The molecule has 15 aromatic rings. The number of aromatic nitrogens is 3. The van der Waals surface area contributed by atoms with Crippen LogP contribution < -0.4 is 0 Å². The quantitative estimate of drug-likeness (QED) is 0.174. The molecule has 0 aliphatic heterocycles. The van der Waals surface area contributed by atoms with Crippen LogP contribution in [0.5, 0.6) is 0 Å². The second-order valence-corrected chi connectivity index (χ2v) is 17.3. The molecule has 4 heteroatoms. The molecule has 0 aliphatic carbocycles. The Morgan fingerprint density at radius 1 is 0.281 bits per heavy atom. The van der Waals surface area contributed by atoms with Gasteiger partial charge in [0.15, 0.2) is 5.58 Å². The molecule has 0 spiro atoms. The van der Waals surface area contributed by atoms with Gasteiger partial charge in [-0.15, -0.1) is 0 Å². The summed E-state index contributed by atoms with van der Waals surface area (Å²) in [7, 11) is 0. The highest BCUT2D eigenvalue weighted by atomic mass is 16.3. The highest BCUT2D eigenvalue weighted by molar-refractivity contribution is 6.24. The summed E-state index contributed by atoms with van der Waals surface area (Å²) in [5.74, 6) is 0. The minimum absolute atomic E-state index is 0.903. The Morgan fingerprint density at radius 2 is 0.719 bits per heavy atom. The first-order chi connectivity index (χ1) is 31.7. The Morgan fingerprint density at radius 3 is 1.31 bits per heavy atom. The fraction of sp³-hybridized carbons (Fsp3) is 0. The van der Waals surface area contributed by atoms with Gasteiger partial charge in [-0.25, -0.2) is 0 Å². The molecular weight excluding hydrogens is 779 g/mol. The molecule has 0 N–H and O–H groups in total. The molecule has 10 aromatic carbocycles. The summed E-state index contributed by atoms with van der Waals surface area (Å²) in [6.45, 7) is 0. The van der Waals surface area contributed by atoms with Crippen molar-refractivity contribution in [1.82, 2.24) is 13.5 Å². The lowest BCUT2D eigenvalue weighted by atomic mass is 9.98. The number of nitrogens with zero attached hydrogens (tertiary/aromatic N) is 3.